The van der Waals surface area contributed by atoms with E-state index >= 15 is 0 Å². The molecule has 0 radical (unpaired) electrons. The minimum Gasteiger partial charge on any atom is -0.340 e. The molecule has 2 amide bonds. The van der Waals surface area contributed by atoms with E-state index in [1.165, 1.54) is 6.42 Å². The van der Waals surface area contributed by atoms with Crippen LogP contribution in [0.1, 0.15) is 59.3 Å². The summed E-state index contributed by atoms with van der Waals surface area (Å²) >= 11 is 0. The number of nitrogens with one attached hydrogen (secondary N) is 1. The van der Waals surface area contributed by atoms with E-state index in [0.717, 1.165) is 32.1 Å². The first-order chi connectivity index (χ1) is 8.44. The third-order valence-electron chi connectivity index (χ3n) is 4.27. The SMILES string of the molecule is CCCN1C(=O)C(C)(C)NC(=O)C12CCCCC2. The average molecular weight is 252 g/mol. The molecule has 0 bridgehead atoms. The van der Waals surface area contributed by atoms with Crippen molar-refractivity contribution in [2.75, 3.05) is 6.54 Å². The van der Waals surface area contributed by atoms with E-state index in [1.807, 2.05) is 4.90 Å². The van der Waals surface area contributed by atoms with Gasteiger partial charge in [-0.05, 0) is 33.1 Å². The van der Waals surface area contributed by atoms with Crippen molar-refractivity contribution in [1.29, 1.82) is 0 Å². The number of hydrogen-bond donors (Lipinski definition) is 1. The van der Waals surface area contributed by atoms with Crippen molar-refractivity contribution >= 4 is 11.8 Å². The molecule has 0 aromatic rings. The smallest absolute Gasteiger partial charge is 0.248 e. The third-order valence-corrected chi connectivity index (χ3v) is 4.27. The van der Waals surface area contributed by atoms with E-state index in [4.69, 9.17) is 0 Å². The zero-order chi connectivity index (χ0) is 13.4. The maximum Gasteiger partial charge on any atom is 0.248 e. The summed E-state index contributed by atoms with van der Waals surface area (Å²) in [7, 11) is 0. The van der Waals surface area contributed by atoms with Crippen LogP contribution in [-0.2, 0) is 9.59 Å². The minimum atomic E-state index is -0.755. The van der Waals surface area contributed by atoms with Crippen molar-refractivity contribution < 1.29 is 9.59 Å². The zero-order valence-electron chi connectivity index (χ0n) is 11.7. The first kappa shape index (κ1) is 13.4. The maximum atomic E-state index is 12.6. The molecule has 18 heavy (non-hydrogen) atoms. The van der Waals surface area contributed by atoms with Gasteiger partial charge in [-0.3, -0.25) is 9.59 Å². The lowest BCUT2D eigenvalue weighted by atomic mass is 9.76. The van der Waals surface area contributed by atoms with E-state index in [2.05, 4.69) is 12.2 Å². The highest BCUT2D eigenvalue weighted by atomic mass is 16.2. The molecule has 102 valence electrons. The Balaban J connectivity index is 2.36. The third kappa shape index (κ3) is 1.91. The van der Waals surface area contributed by atoms with Crippen LogP contribution in [-0.4, -0.2) is 34.3 Å². The molecule has 0 aromatic carbocycles. The van der Waals surface area contributed by atoms with E-state index in [0.29, 0.717) is 6.54 Å². The number of piperazine rings is 1. The number of carbonyl (C=O) groups excluding carboxylic acids is 2. The molecule has 0 aromatic heterocycles. The van der Waals surface area contributed by atoms with Crippen molar-refractivity contribution in [3.63, 3.8) is 0 Å². The molecule has 4 nitrogen and oxygen atoms in total. The Bertz CT molecular complexity index is 357. The molecule has 2 rings (SSSR count). The summed E-state index contributed by atoms with van der Waals surface area (Å²) in [6.45, 7) is 6.34. The predicted molar refractivity (Wildman–Crippen MR) is 70.0 cm³/mol. The predicted octanol–water partition coefficient (Wildman–Crippen LogP) is 1.84. The molecule has 0 unspecified atom stereocenters. The highest BCUT2D eigenvalue weighted by molar-refractivity contribution is 6.01. The number of nitrogens with zero attached hydrogens (tertiary/aromatic N) is 1. The molecule has 1 aliphatic carbocycles. The van der Waals surface area contributed by atoms with Crippen LogP contribution in [0.5, 0.6) is 0 Å². The van der Waals surface area contributed by atoms with Gasteiger partial charge in [-0.25, -0.2) is 0 Å². The van der Waals surface area contributed by atoms with Gasteiger partial charge in [0.15, 0.2) is 0 Å². The molecule has 1 N–H and O–H groups in total. The zero-order valence-corrected chi connectivity index (χ0v) is 11.7. The summed E-state index contributed by atoms with van der Waals surface area (Å²) in [4.78, 5) is 26.9. The van der Waals surface area contributed by atoms with Crippen LogP contribution in [0.2, 0.25) is 0 Å². The molecule has 1 aliphatic heterocycles. The summed E-state index contributed by atoms with van der Waals surface area (Å²) in [6.07, 6.45) is 5.80. The van der Waals surface area contributed by atoms with Crippen molar-refractivity contribution in [3.8, 4) is 0 Å². The second-order valence-electron chi connectivity index (χ2n) is 6.13. The van der Waals surface area contributed by atoms with Gasteiger partial charge in [0.05, 0.1) is 0 Å². The van der Waals surface area contributed by atoms with Crippen molar-refractivity contribution in [2.24, 2.45) is 0 Å². The fourth-order valence-corrected chi connectivity index (χ4v) is 3.28. The van der Waals surface area contributed by atoms with Gasteiger partial charge in [0.1, 0.15) is 11.1 Å². The lowest BCUT2D eigenvalue weighted by Crippen LogP contribution is -2.74. The Morgan fingerprint density at radius 3 is 2.33 bits per heavy atom. The number of rotatable bonds is 2. The van der Waals surface area contributed by atoms with Crippen LogP contribution in [0.3, 0.4) is 0 Å². The molecule has 1 spiro atoms. The van der Waals surface area contributed by atoms with Gasteiger partial charge >= 0.3 is 0 Å². The van der Waals surface area contributed by atoms with Crippen LogP contribution >= 0.6 is 0 Å². The van der Waals surface area contributed by atoms with Gasteiger partial charge < -0.3 is 10.2 Å². The number of amides is 2. The fourth-order valence-electron chi connectivity index (χ4n) is 3.28. The summed E-state index contributed by atoms with van der Waals surface area (Å²) < 4.78 is 0. The maximum absolute atomic E-state index is 12.6. The Morgan fingerprint density at radius 2 is 1.78 bits per heavy atom. The normalized spacial score (nSPS) is 26.3. The minimum absolute atomic E-state index is 0.0558. The van der Waals surface area contributed by atoms with Crippen LogP contribution in [0, 0.1) is 0 Å². The Labute approximate surface area is 109 Å². The van der Waals surface area contributed by atoms with Crippen LogP contribution in [0.15, 0.2) is 0 Å². The van der Waals surface area contributed by atoms with E-state index in [9.17, 15) is 9.59 Å². The summed E-state index contributed by atoms with van der Waals surface area (Å²) in [5.41, 5.74) is -1.31. The molecule has 1 saturated heterocycles. The quantitative estimate of drug-likeness (QED) is 0.815. The Morgan fingerprint density at radius 1 is 1.17 bits per heavy atom. The molecule has 1 heterocycles. The second kappa shape index (κ2) is 4.56. The van der Waals surface area contributed by atoms with E-state index in [-0.39, 0.29) is 11.8 Å². The van der Waals surface area contributed by atoms with Gasteiger partial charge in [-0.15, -0.1) is 0 Å². The van der Waals surface area contributed by atoms with Crippen molar-refractivity contribution in [2.45, 2.75) is 70.4 Å². The highest BCUT2D eigenvalue weighted by Gasteiger charge is 2.54. The van der Waals surface area contributed by atoms with Gasteiger partial charge in [0, 0.05) is 6.54 Å². The molecule has 4 heteroatoms. The van der Waals surface area contributed by atoms with Gasteiger partial charge in [0.2, 0.25) is 11.8 Å². The fraction of sp³-hybridized carbons (Fsp3) is 0.857. The van der Waals surface area contributed by atoms with Crippen LogP contribution in [0.25, 0.3) is 0 Å². The summed E-state index contributed by atoms with van der Waals surface area (Å²) in [5, 5.41) is 2.92. The largest absolute Gasteiger partial charge is 0.340 e. The lowest BCUT2D eigenvalue weighted by molar-refractivity contribution is -0.164. The average Bonchev–Trinajstić information content (AvgIpc) is 2.34. The molecule has 0 atom stereocenters. The summed E-state index contributed by atoms with van der Waals surface area (Å²) in [5.74, 6) is 0.131. The van der Waals surface area contributed by atoms with Crippen molar-refractivity contribution in [1.82, 2.24) is 10.2 Å². The molecular weight excluding hydrogens is 228 g/mol. The summed E-state index contributed by atoms with van der Waals surface area (Å²) in [6, 6.07) is 0. The van der Waals surface area contributed by atoms with Gasteiger partial charge in [-0.2, -0.15) is 0 Å². The van der Waals surface area contributed by atoms with Crippen LogP contribution < -0.4 is 5.32 Å². The first-order valence-electron chi connectivity index (χ1n) is 7.09. The van der Waals surface area contributed by atoms with E-state index < -0.39 is 11.1 Å². The standard InChI is InChI=1S/C14H24N2O2/c1-4-10-16-12(18)13(2,3)15-11(17)14(16)8-6-5-7-9-14/h4-10H2,1-3H3,(H,15,17). The highest BCUT2D eigenvalue weighted by Crippen LogP contribution is 2.38. The van der Waals surface area contributed by atoms with Gasteiger partial charge in [-0.1, -0.05) is 26.2 Å². The number of carbonyl (C=O) groups is 2. The number of hydrogen-bond acceptors (Lipinski definition) is 2. The van der Waals surface area contributed by atoms with Crippen LogP contribution in [0.4, 0.5) is 0 Å². The Kier molecular flexibility index (Phi) is 3.39. The van der Waals surface area contributed by atoms with Gasteiger partial charge in [0.25, 0.3) is 0 Å². The monoisotopic (exact) mass is 252 g/mol. The van der Waals surface area contributed by atoms with E-state index in [1.54, 1.807) is 13.8 Å². The molecule has 2 aliphatic rings. The topological polar surface area (TPSA) is 49.4 Å². The van der Waals surface area contributed by atoms with Crippen molar-refractivity contribution in [3.05, 3.63) is 0 Å². The molecule has 2 fully saturated rings. The molecule has 1 saturated carbocycles. The Hall–Kier alpha value is -1.06. The lowest BCUT2D eigenvalue weighted by Gasteiger charge is -2.52. The first-order valence-corrected chi connectivity index (χ1v) is 7.09. The molecular formula is C14H24N2O2. The second-order valence-corrected chi connectivity index (χ2v) is 6.13.